The smallest absolute Gasteiger partial charge is 0.330 e. The maximum atomic E-state index is 10.7. The summed E-state index contributed by atoms with van der Waals surface area (Å²) in [6.45, 7) is 0. The molecule has 0 radical (unpaired) electrons. The summed E-state index contributed by atoms with van der Waals surface area (Å²) in [6.07, 6.45) is 5.91. The Morgan fingerprint density at radius 2 is 2.17 bits per heavy atom. The summed E-state index contributed by atoms with van der Waals surface area (Å²) in [6, 6.07) is 0. The van der Waals surface area contributed by atoms with Crippen LogP contribution in [-0.2, 0) is 9.53 Å². The summed E-state index contributed by atoms with van der Waals surface area (Å²) in [7, 11) is 1.41. The molecule has 1 aliphatic rings. The highest BCUT2D eigenvalue weighted by atomic mass is 32.2. The molecule has 0 N–H and O–H groups in total. The number of carbonyl (C=O) groups is 1. The Morgan fingerprint density at radius 3 is 2.75 bits per heavy atom. The van der Waals surface area contributed by atoms with Crippen molar-refractivity contribution in [3.05, 3.63) is 12.2 Å². The van der Waals surface area contributed by atoms with Crippen molar-refractivity contribution in [2.45, 2.75) is 12.8 Å². The molecule has 1 rings (SSSR count). The predicted octanol–water partition coefficient (Wildman–Crippen LogP) is 1.86. The molecule has 3 heteroatoms. The average molecular weight is 186 g/mol. The van der Waals surface area contributed by atoms with E-state index in [-0.39, 0.29) is 5.97 Å². The van der Waals surface area contributed by atoms with Crippen LogP contribution < -0.4 is 0 Å². The van der Waals surface area contributed by atoms with Gasteiger partial charge in [0.05, 0.1) is 7.11 Å². The van der Waals surface area contributed by atoms with Crippen molar-refractivity contribution in [3.8, 4) is 0 Å². The number of carbonyl (C=O) groups excluding carboxylic acids is 1. The van der Waals surface area contributed by atoms with Crippen LogP contribution in [0.4, 0.5) is 0 Å². The zero-order valence-corrected chi connectivity index (χ0v) is 8.10. The fraction of sp³-hybridized carbons (Fsp3) is 0.667. The molecule has 12 heavy (non-hydrogen) atoms. The van der Waals surface area contributed by atoms with E-state index in [1.54, 1.807) is 6.08 Å². The molecule has 0 spiro atoms. The van der Waals surface area contributed by atoms with Crippen molar-refractivity contribution < 1.29 is 9.53 Å². The molecule has 1 heterocycles. The van der Waals surface area contributed by atoms with Gasteiger partial charge in [-0.2, -0.15) is 11.8 Å². The molecule has 1 fully saturated rings. The second-order valence-corrected chi connectivity index (χ2v) is 4.06. The second kappa shape index (κ2) is 5.25. The van der Waals surface area contributed by atoms with E-state index >= 15 is 0 Å². The standard InChI is InChI=1S/C9H14O2S/c1-11-9(10)3-2-8-4-6-12-7-5-8/h2-3,8H,4-7H2,1H3. The first-order valence-corrected chi connectivity index (χ1v) is 5.32. The van der Waals surface area contributed by atoms with Gasteiger partial charge in [0.1, 0.15) is 0 Å². The minimum atomic E-state index is -0.242. The van der Waals surface area contributed by atoms with E-state index < -0.39 is 0 Å². The van der Waals surface area contributed by atoms with Crippen molar-refractivity contribution >= 4 is 17.7 Å². The van der Waals surface area contributed by atoms with Gasteiger partial charge in [-0.05, 0) is 30.3 Å². The van der Waals surface area contributed by atoms with Crippen LogP contribution in [0.1, 0.15) is 12.8 Å². The van der Waals surface area contributed by atoms with E-state index in [9.17, 15) is 4.79 Å². The first kappa shape index (κ1) is 9.65. The second-order valence-electron chi connectivity index (χ2n) is 2.83. The highest BCUT2D eigenvalue weighted by molar-refractivity contribution is 7.99. The van der Waals surface area contributed by atoms with Crippen molar-refractivity contribution in [1.29, 1.82) is 0 Å². The number of rotatable bonds is 2. The summed E-state index contributed by atoms with van der Waals surface area (Å²) >= 11 is 1.99. The van der Waals surface area contributed by atoms with Crippen LogP contribution in [0.3, 0.4) is 0 Å². The molecule has 0 saturated carbocycles. The molecule has 0 aromatic heterocycles. The molecular weight excluding hydrogens is 172 g/mol. The molecule has 68 valence electrons. The predicted molar refractivity (Wildman–Crippen MR) is 51.2 cm³/mol. The van der Waals surface area contributed by atoms with Crippen molar-refractivity contribution in [1.82, 2.24) is 0 Å². The Balaban J connectivity index is 2.28. The van der Waals surface area contributed by atoms with E-state index in [2.05, 4.69) is 4.74 Å². The van der Waals surface area contributed by atoms with Gasteiger partial charge in [-0.1, -0.05) is 6.08 Å². The van der Waals surface area contributed by atoms with Gasteiger partial charge >= 0.3 is 5.97 Å². The van der Waals surface area contributed by atoms with Crippen LogP contribution in [0.25, 0.3) is 0 Å². The minimum absolute atomic E-state index is 0.242. The molecule has 0 atom stereocenters. The Labute approximate surface area is 77.4 Å². The van der Waals surface area contributed by atoms with E-state index in [0.29, 0.717) is 5.92 Å². The van der Waals surface area contributed by atoms with Crippen LogP contribution in [0.5, 0.6) is 0 Å². The number of hydrogen-bond acceptors (Lipinski definition) is 3. The number of thioether (sulfide) groups is 1. The highest BCUT2D eigenvalue weighted by Gasteiger charge is 2.10. The van der Waals surface area contributed by atoms with Crippen molar-refractivity contribution in [2.75, 3.05) is 18.6 Å². The number of allylic oxidation sites excluding steroid dienone is 1. The summed E-state index contributed by atoms with van der Waals surface area (Å²) in [4.78, 5) is 10.7. The van der Waals surface area contributed by atoms with Crippen LogP contribution >= 0.6 is 11.8 Å². The zero-order chi connectivity index (χ0) is 8.81. The van der Waals surface area contributed by atoms with Crippen LogP contribution in [0.15, 0.2) is 12.2 Å². The summed E-state index contributed by atoms with van der Waals surface area (Å²) in [5.41, 5.74) is 0. The lowest BCUT2D eigenvalue weighted by Crippen LogP contribution is -2.07. The van der Waals surface area contributed by atoms with E-state index in [1.807, 2.05) is 17.8 Å². The molecular formula is C9H14O2S. The SMILES string of the molecule is COC(=O)C=CC1CCSCC1. The van der Waals surface area contributed by atoms with Gasteiger partial charge in [-0.3, -0.25) is 0 Å². The van der Waals surface area contributed by atoms with Gasteiger partial charge in [0, 0.05) is 6.08 Å². The number of methoxy groups -OCH3 is 1. The van der Waals surface area contributed by atoms with Crippen LogP contribution in [0.2, 0.25) is 0 Å². The summed E-state index contributed by atoms with van der Waals surface area (Å²) < 4.78 is 4.51. The number of esters is 1. The molecule has 0 aromatic carbocycles. The van der Waals surface area contributed by atoms with Crippen molar-refractivity contribution in [3.63, 3.8) is 0 Å². The first-order valence-electron chi connectivity index (χ1n) is 4.17. The molecule has 0 amide bonds. The van der Waals surface area contributed by atoms with Crippen molar-refractivity contribution in [2.24, 2.45) is 5.92 Å². The third-order valence-corrected chi connectivity index (χ3v) is 3.02. The lowest BCUT2D eigenvalue weighted by molar-refractivity contribution is -0.134. The quantitative estimate of drug-likeness (QED) is 0.486. The monoisotopic (exact) mass is 186 g/mol. The molecule has 1 saturated heterocycles. The average Bonchev–Trinajstić information content (AvgIpc) is 2.16. The summed E-state index contributed by atoms with van der Waals surface area (Å²) in [5, 5.41) is 0. The number of hydrogen-bond donors (Lipinski definition) is 0. The van der Waals surface area contributed by atoms with Crippen LogP contribution in [-0.4, -0.2) is 24.6 Å². The number of ether oxygens (including phenoxy) is 1. The van der Waals surface area contributed by atoms with Gasteiger partial charge in [0.2, 0.25) is 0 Å². The van der Waals surface area contributed by atoms with Gasteiger partial charge < -0.3 is 4.74 Å². The summed E-state index contributed by atoms with van der Waals surface area (Å²) in [5.74, 6) is 2.78. The molecule has 1 aliphatic heterocycles. The Kier molecular flexibility index (Phi) is 4.22. The topological polar surface area (TPSA) is 26.3 Å². The molecule has 2 nitrogen and oxygen atoms in total. The van der Waals surface area contributed by atoms with Gasteiger partial charge in [-0.25, -0.2) is 4.79 Å². The fourth-order valence-corrected chi connectivity index (χ4v) is 2.33. The van der Waals surface area contributed by atoms with E-state index in [4.69, 9.17) is 0 Å². The normalized spacial score (nSPS) is 19.8. The highest BCUT2D eigenvalue weighted by Crippen LogP contribution is 2.23. The molecule has 0 aliphatic carbocycles. The maximum absolute atomic E-state index is 10.7. The van der Waals surface area contributed by atoms with Gasteiger partial charge in [-0.15, -0.1) is 0 Å². The fourth-order valence-electron chi connectivity index (χ4n) is 1.19. The Morgan fingerprint density at radius 1 is 1.50 bits per heavy atom. The molecule has 0 unspecified atom stereocenters. The molecule has 0 bridgehead atoms. The lowest BCUT2D eigenvalue weighted by Gasteiger charge is -2.17. The third kappa shape index (κ3) is 3.30. The van der Waals surface area contributed by atoms with E-state index in [1.165, 1.54) is 31.5 Å². The van der Waals surface area contributed by atoms with Gasteiger partial charge in [0.15, 0.2) is 0 Å². The Hall–Kier alpha value is -0.440. The maximum Gasteiger partial charge on any atom is 0.330 e. The minimum Gasteiger partial charge on any atom is -0.466 e. The van der Waals surface area contributed by atoms with Gasteiger partial charge in [0.25, 0.3) is 0 Å². The third-order valence-electron chi connectivity index (χ3n) is 1.97. The zero-order valence-electron chi connectivity index (χ0n) is 7.29. The van der Waals surface area contributed by atoms with E-state index in [0.717, 1.165) is 0 Å². The largest absolute Gasteiger partial charge is 0.466 e. The molecule has 0 aromatic rings. The van der Waals surface area contributed by atoms with Crippen LogP contribution in [0, 0.1) is 5.92 Å². The first-order chi connectivity index (χ1) is 5.83. The Bertz CT molecular complexity index is 171. The lowest BCUT2D eigenvalue weighted by atomic mass is 10.0.